The molecule has 0 unspecified atom stereocenters. The Morgan fingerprint density at radius 1 is 1.20 bits per heavy atom. The molecule has 2 heterocycles. The number of carbonyl (C=O) groups excluding carboxylic acids is 1. The average Bonchev–Trinajstić information content (AvgIpc) is 2.63. The number of carbonyl (C=O) groups is 1. The number of nitrogens with zero attached hydrogens (tertiary/aromatic N) is 2. The van der Waals surface area contributed by atoms with Gasteiger partial charge in [0.15, 0.2) is 0 Å². The average molecular weight is 355 g/mol. The van der Waals surface area contributed by atoms with E-state index in [9.17, 15) is 9.18 Å². The van der Waals surface area contributed by atoms with E-state index in [2.05, 4.69) is 15.3 Å². The Bertz CT molecular complexity index is 890. The molecule has 0 bridgehead atoms. The quantitative estimate of drug-likeness (QED) is 0.543. The number of rotatable bonds is 5. The predicted octanol–water partition coefficient (Wildman–Crippen LogP) is 4.38. The molecule has 0 radical (unpaired) electrons. The zero-order valence-electron chi connectivity index (χ0n) is 13.3. The predicted molar refractivity (Wildman–Crippen MR) is 94.7 cm³/mol. The van der Waals surface area contributed by atoms with Crippen LogP contribution in [0.2, 0.25) is 0 Å². The van der Waals surface area contributed by atoms with Crippen molar-refractivity contribution in [2.24, 2.45) is 0 Å². The number of pyridine rings is 2. The van der Waals surface area contributed by atoms with Gasteiger partial charge in [0.05, 0.1) is 11.9 Å². The SMILES string of the molecule is CSc1cccc(Oc2nc(F)ccc2C(=O)Nc2cccnc2)c1. The van der Waals surface area contributed by atoms with Gasteiger partial charge < -0.3 is 10.1 Å². The standard InChI is InChI=1S/C18H14FN3O2S/c1-25-14-6-2-5-13(10-14)24-18-15(7-8-16(19)22-18)17(23)21-12-4-3-9-20-11-12/h2-11H,1H3,(H,21,23). The zero-order valence-corrected chi connectivity index (χ0v) is 14.1. The van der Waals surface area contributed by atoms with E-state index in [0.717, 1.165) is 11.0 Å². The summed E-state index contributed by atoms with van der Waals surface area (Å²) >= 11 is 1.55. The topological polar surface area (TPSA) is 64.1 Å². The van der Waals surface area contributed by atoms with Crippen LogP contribution in [0.3, 0.4) is 0 Å². The lowest BCUT2D eigenvalue weighted by molar-refractivity contribution is 0.102. The van der Waals surface area contributed by atoms with Gasteiger partial charge in [0, 0.05) is 11.1 Å². The number of ether oxygens (including phenoxy) is 1. The Hall–Kier alpha value is -2.93. The number of hydrogen-bond acceptors (Lipinski definition) is 5. The lowest BCUT2D eigenvalue weighted by atomic mass is 10.2. The number of aromatic nitrogens is 2. The Labute approximate surface area is 148 Å². The van der Waals surface area contributed by atoms with Crippen LogP contribution in [0.25, 0.3) is 0 Å². The lowest BCUT2D eigenvalue weighted by Crippen LogP contribution is -2.14. The summed E-state index contributed by atoms with van der Waals surface area (Å²) in [7, 11) is 0. The molecule has 2 aromatic heterocycles. The molecular formula is C18H14FN3O2S. The first-order valence-corrected chi connectivity index (χ1v) is 8.58. The van der Waals surface area contributed by atoms with Crippen LogP contribution >= 0.6 is 11.8 Å². The van der Waals surface area contributed by atoms with E-state index in [-0.39, 0.29) is 11.4 Å². The van der Waals surface area contributed by atoms with Crippen molar-refractivity contribution in [3.8, 4) is 11.6 Å². The highest BCUT2D eigenvalue weighted by Gasteiger charge is 2.16. The summed E-state index contributed by atoms with van der Waals surface area (Å²) in [6, 6.07) is 13.1. The Morgan fingerprint density at radius 3 is 2.84 bits per heavy atom. The number of anilines is 1. The Balaban J connectivity index is 1.88. The number of amides is 1. The molecule has 1 amide bonds. The maximum Gasteiger partial charge on any atom is 0.261 e. The summed E-state index contributed by atoms with van der Waals surface area (Å²) < 4.78 is 19.2. The highest BCUT2D eigenvalue weighted by Crippen LogP contribution is 2.27. The first kappa shape index (κ1) is 16.9. The van der Waals surface area contributed by atoms with Crippen molar-refractivity contribution in [2.75, 3.05) is 11.6 Å². The van der Waals surface area contributed by atoms with Gasteiger partial charge >= 0.3 is 0 Å². The molecule has 7 heteroatoms. The van der Waals surface area contributed by atoms with Crippen LogP contribution in [0.1, 0.15) is 10.4 Å². The Morgan fingerprint density at radius 2 is 2.08 bits per heavy atom. The first-order valence-electron chi connectivity index (χ1n) is 7.35. The number of nitrogens with one attached hydrogen (secondary N) is 1. The van der Waals surface area contributed by atoms with Gasteiger partial charge in [0.2, 0.25) is 11.8 Å². The summed E-state index contributed by atoms with van der Waals surface area (Å²) in [4.78, 5) is 21.1. The van der Waals surface area contributed by atoms with E-state index in [1.54, 1.807) is 42.2 Å². The highest BCUT2D eigenvalue weighted by molar-refractivity contribution is 7.98. The number of halogens is 1. The van der Waals surface area contributed by atoms with E-state index >= 15 is 0 Å². The van der Waals surface area contributed by atoms with E-state index < -0.39 is 11.9 Å². The molecule has 0 saturated carbocycles. The molecule has 0 aliphatic heterocycles. The normalized spacial score (nSPS) is 10.3. The van der Waals surface area contributed by atoms with Crippen LogP contribution in [0.4, 0.5) is 10.1 Å². The Kier molecular flexibility index (Phi) is 5.25. The second-order valence-corrected chi connectivity index (χ2v) is 5.84. The molecule has 25 heavy (non-hydrogen) atoms. The summed E-state index contributed by atoms with van der Waals surface area (Å²) in [6.07, 6.45) is 5.05. The molecule has 0 fully saturated rings. The van der Waals surface area contributed by atoms with Crippen molar-refractivity contribution in [3.63, 3.8) is 0 Å². The van der Waals surface area contributed by atoms with Gasteiger partial charge in [-0.15, -0.1) is 11.8 Å². The van der Waals surface area contributed by atoms with Crippen LogP contribution in [0.5, 0.6) is 11.6 Å². The van der Waals surface area contributed by atoms with Crippen molar-refractivity contribution >= 4 is 23.4 Å². The molecule has 1 N–H and O–H groups in total. The van der Waals surface area contributed by atoms with Crippen LogP contribution in [0, 0.1) is 5.95 Å². The van der Waals surface area contributed by atoms with Crippen molar-refractivity contribution in [1.82, 2.24) is 9.97 Å². The molecule has 0 spiro atoms. The van der Waals surface area contributed by atoms with Crippen LogP contribution < -0.4 is 10.1 Å². The van der Waals surface area contributed by atoms with Gasteiger partial charge in [-0.1, -0.05) is 6.07 Å². The number of thioether (sulfide) groups is 1. The van der Waals surface area contributed by atoms with Gasteiger partial charge in [-0.2, -0.15) is 9.37 Å². The minimum atomic E-state index is -0.728. The second-order valence-electron chi connectivity index (χ2n) is 4.96. The molecule has 0 atom stereocenters. The van der Waals surface area contributed by atoms with Crippen LogP contribution in [-0.2, 0) is 0 Å². The molecule has 3 rings (SSSR count). The van der Waals surface area contributed by atoms with E-state index in [1.807, 2.05) is 18.4 Å². The molecular weight excluding hydrogens is 341 g/mol. The minimum absolute atomic E-state index is 0.0976. The summed E-state index contributed by atoms with van der Waals surface area (Å²) in [5.74, 6) is -0.814. The third-order valence-electron chi connectivity index (χ3n) is 3.25. The first-order chi connectivity index (χ1) is 12.2. The van der Waals surface area contributed by atoms with Crippen molar-refractivity contribution in [3.05, 3.63) is 72.4 Å². The smallest absolute Gasteiger partial charge is 0.261 e. The molecule has 1 aromatic carbocycles. The van der Waals surface area contributed by atoms with Crippen LogP contribution in [-0.4, -0.2) is 22.1 Å². The van der Waals surface area contributed by atoms with E-state index in [0.29, 0.717) is 11.4 Å². The maximum atomic E-state index is 13.5. The monoisotopic (exact) mass is 355 g/mol. The van der Waals surface area contributed by atoms with Crippen LogP contribution in [0.15, 0.2) is 65.8 Å². The highest BCUT2D eigenvalue weighted by atomic mass is 32.2. The van der Waals surface area contributed by atoms with Gasteiger partial charge in [-0.25, -0.2) is 0 Å². The van der Waals surface area contributed by atoms with E-state index in [4.69, 9.17) is 4.74 Å². The van der Waals surface area contributed by atoms with Gasteiger partial charge in [0.1, 0.15) is 11.3 Å². The largest absolute Gasteiger partial charge is 0.438 e. The molecule has 126 valence electrons. The molecule has 3 aromatic rings. The fraction of sp³-hybridized carbons (Fsp3) is 0.0556. The fourth-order valence-corrected chi connectivity index (χ4v) is 2.53. The number of benzene rings is 1. The van der Waals surface area contributed by atoms with Gasteiger partial charge in [0.25, 0.3) is 5.91 Å². The number of hydrogen-bond donors (Lipinski definition) is 1. The zero-order chi connectivity index (χ0) is 17.6. The summed E-state index contributed by atoms with van der Waals surface area (Å²) in [6.45, 7) is 0. The summed E-state index contributed by atoms with van der Waals surface area (Å²) in [5.41, 5.74) is 0.645. The van der Waals surface area contributed by atoms with Gasteiger partial charge in [-0.05, 0) is 48.7 Å². The minimum Gasteiger partial charge on any atom is -0.438 e. The molecule has 0 aliphatic rings. The summed E-state index contributed by atoms with van der Waals surface area (Å²) in [5, 5.41) is 2.68. The molecule has 5 nitrogen and oxygen atoms in total. The van der Waals surface area contributed by atoms with Crippen molar-refractivity contribution < 1.29 is 13.9 Å². The third kappa shape index (κ3) is 4.33. The van der Waals surface area contributed by atoms with Gasteiger partial charge in [-0.3, -0.25) is 9.78 Å². The molecule has 0 saturated heterocycles. The van der Waals surface area contributed by atoms with Crippen molar-refractivity contribution in [1.29, 1.82) is 0 Å². The maximum absolute atomic E-state index is 13.5. The lowest BCUT2D eigenvalue weighted by Gasteiger charge is -2.11. The van der Waals surface area contributed by atoms with E-state index in [1.165, 1.54) is 12.3 Å². The van der Waals surface area contributed by atoms with Crippen molar-refractivity contribution in [2.45, 2.75) is 4.90 Å². The second kappa shape index (κ2) is 7.76. The molecule has 0 aliphatic carbocycles. The fourth-order valence-electron chi connectivity index (χ4n) is 2.08. The third-order valence-corrected chi connectivity index (χ3v) is 3.97.